The molecule has 1 rings (SSSR count). The third kappa shape index (κ3) is 4.04. The average molecular weight is 210 g/mol. The van der Waals surface area contributed by atoms with Crippen LogP contribution in [0.3, 0.4) is 0 Å². The maximum atomic E-state index is 11.8. The summed E-state index contributed by atoms with van der Waals surface area (Å²) < 4.78 is 0. The van der Waals surface area contributed by atoms with E-state index in [1.807, 2.05) is 4.90 Å². The Morgan fingerprint density at radius 2 is 2.40 bits per heavy atom. The van der Waals surface area contributed by atoms with Gasteiger partial charge in [0.1, 0.15) is 0 Å². The summed E-state index contributed by atoms with van der Waals surface area (Å²) in [5.41, 5.74) is 5.54. The van der Waals surface area contributed by atoms with Gasteiger partial charge in [-0.15, -0.1) is 6.58 Å². The predicted molar refractivity (Wildman–Crippen MR) is 62.4 cm³/mol. The Morgan fingerprint density at radius 3 is 3.07 bits per heavy atom. The summed E-state index contributed by atoms with van der Waals surface area (Å²) >= 11 is 0. The van der Waals surface area contributed by atoms with Gasteiger partial charge in [-0.1, -0.05) is 6.08 Å². The van der Waals surface area contributed by atoms with Gasteiger partial charge in [-0.05, 0) is 38.1 Å². The smallest absolute Gasteiger partial charge is 0.222 e. The lowest BCUT2D eigenvalue weighted by molar-refractivity contribution is -0.132. The Bertz CT molecular complexity index is 214. The van der Waals surface area contributed by atoms with Gasteiger partial charge in [0, 0.05) is 19.5 Å². The predicted octanol–water partition coefficient (Wildman–Crippen LogP) is 1.54. The summed E-state index contributed by atoms with van der Waals surface area (Å²) in [4.78, 5) is 13.7. The van der Waals surface area contributed by atoms with Crippen LogP contribution in [0.15, 0.2) is 12.7 Å². The maximum absolute atomic E-state index is 11.8. The van der Waals surface area contributed by atoms with E-state index in [1.165, 1.54) is 6.42 Å². The molecule has 3 nitrogen and oxygen atoms in total. The molecular weight excluding hydrogens is 188 g/mol. The fourth-order valence-electron chi connectivity index (χ4n) is 2.15. The minimum Gasteiger partial charge on any atom is -0.342 e. The summed E-state index contributed by atoms with van der Waals surface area (Å²) in [7, 11) is 0. The van der Waals surface area contributed by atoms with Crippen molar-refractivity contribution in [3.05, 3.63) is 12.7 Å². The van der Waals surface area contributed by atoms with Gasteiger partial charge < -0.3 is 10.6 Å². The number of hydrogen-bond acceptors (Lipinski definition) is 2. The van der Waals surface area contributed by atoms with Crippen molar-refractivity contribution in [1.29, 1.82) is 0 Å². The summed E-state index contributed by atoms with van der Waals surface area (Å²) in [6.07, 6.45) is 6.60. The van der Waals surface area contributed by atoms with Gasteiger partial charge in [0.25, 0.3) is 0 Å². The molecule has 1 heterocycles. The second-order valence-corrected chi connectivity index (χ2v) is 4.25. The fraction of sp³-hybridized carbons (Fsp3) is 0.750. The molecule has 1 aliphatic rings. The van der Waals surface area contributed by atoms with E-state index in [1.54, 1.807) is 6.08 Å². The van der Waals surface area contributed by atoms with Crippen LogP contribution < -0.4 is 5.73 Å². The summed E-state index contributed by atoms with van der Waals surface area (Å²) in [5, 5.41) is 0. The van der Waals surface area contributed by atoms with Crippen LogP contribution in [0, 0.1) is 5.92 Å². The third-order valence-corrected chi connectivity index (χ3v) is 3.01. The van der Waals surface area contributed by atoms with Crippen LogP contribution in [0.25, 0.3) is 0 Å². The Kier molecular flexibility index (Phi) is 5.40. The lowest BCUT2D eigenvalue weighted by atomic mass is 9.94. The van der Waals surface area contributed by atoms with Gasteiger partial charge in [0.05, 0.1) is 0 Å². The Morgan fingerprint density at radius 1 is 1.60 bits per heavy atom. The number of nitrogens with two attached hydrogens (primary N) is 1. The molecular formula is C12H22N2O. The first-order chi connectivity index (χ1) is 7.27. The van der Waals surface area contributed by atoms with Crippen molar-refractivity contribution in [3.63, 3.8) is 0 Å². The number of nitrogens with zero attached hydrogens (tertiary/aromatic N) is 1. The van der Waals surface area contributed by atoms with Gasteiger partial charge in [-0.3, -0.25) is 4.79 Å². The number of piperidine rings is 1. The molecule has 0 aromatic rings. The molecule has 1 aliphatic heterocycles. The fourth-order valence-corrected chi connectivity index (χ4v) is 2.15. The molecule has 1 atom stereocenters. The molecule has 86 valence electrons. The SMILES string of the molecule is C=CCCC(=O)N1CCCC(CCN)C1. The van der Waals surface area contributed by atoms with Crippen molar-refractivity contribution in [2.24, 2.45) is 11.7 Å². The molecule has 1 fully saturated rings. The molecule has 3 heteroatoms. The summed E-state index contributed by atoms with van der Waals surface area (Å²) in [5.74, 6) is 0.896. The van der Waals surface area contributed by atoms with Crippen molar-refractivity contribution in [1.82, 2.24) is 4.90 Å². The van der Waals surface area contributed by atoms with E-state index < -0.39 is 0 Å². The van der Waals surface area contributed by atoms with Crippen LogP contribution in [0.1, 0.15) is 32.1 Å². The van der Waals surface area contributed by atoms with E-state index >= 15 is 0 Å². The zero-order chi connectivity index (χ0) is 11.1. The molecule has 1 unspecified atom stereocenters. The number of amides is 1. The molecule has 1 saturated heterocycles. The highest BCUT2D eigenvalue weighted by Gasteiger charge is 2.22. The molecule has 15 heavy (non-hydrogen) atoms. The van der Waals surface area contributed by atoms with Gasteiger partial charge >= 0.3 is 0 Å². The van der Waals surface area contributed by atoms with Crippen LogP contribution in [-0.2, 0) is 4.79 Å². The number of carbonyl (C=O) groups excluding carboxylic acids is 1. The summed E-state index contributed by atoms with van der Waals surface area (Å²) in [6.45, 7) is 6.21. The van der Waals surface area contributed by atoms with Gasteiger partial charge in [-0.25, -0.2) is 0 Å². The van der Waals surface area contributed by atoms with Gasteiger partial charge in [0.15, 0.2) is 0 Å². The zero-order valence-corrected chi connectivity index (χ0v) is 9.45. The molecule has 0 saturated carbocycles. The molecule has 0 radical (unpaired) electrons. The molecule has 0 aromatic heterocycles. The highest BCUT2D eigenvalue weighted by atomic mass is 16.2. The maximum Gasteiger partial charge on any atom is 0.222 e. The monoisotopic (exact) mass is 210 g/mol. The van der Waals surface area contributed by atoms with Crippen molar-refractivity contribution in [2.45, 2.75) is 32.1 Å². The van der Waals surface area contributed by atoms with Crippen LogP contribution >= 0.6 is 0 Å². The summed E-state index contributed by atoms with van der Waals surface area (Å²) in [6, 6.07) is 0. The van der Waals surface area contributed by atoms with Crippen molar-refractivity contribution in [3.8, 4) is 0 Å². The normalized spacial score (nSPS) is 21.4. The molecule has 0 aromatic carbocycles. The first-order valence-corrected chi connectivity index (χ1v) is 5.86. The largest absolute Gasteiger partial charge is 0.342 e. The standard InChI is InChI=1S/C12H22N2O/c1-2-3-6-12(15)14-9-4-5-11(10-14)7-8-13/h2,11H,1,3-10,13H2. The zero-order valence-electron chi connectivity index (χ0n) is 9.45. The number of hydrogen-bond donors (Lipinski definition) is 1. The van der Waals surface area contributed by atoms with Gasteiger partial charge in [0.2, 0.25) is 5.91 Å². The first kappa shape index (κ1) is 12.2. The van der Waals surface area contributed by atoms with Crippen LogP contribution in [-0.4, -0.2) is 30.4 Å². The molecule has 2 N–H and O–H groups in total. The van der Waals surface area contributed by atoms with E-state index in [0.29, 0.717) is 12.3 Å². The molecule has 0 bridgehead atoms. The quantitative estimate of drug-likeness (QED) is 0.700. The third-order valence-electron chi connectivity index (χ3n) is 3.01. The highest BCUT2D eigenvalue weighted by Crippen LogP contribution is 2.19. The molecule has 0 aliphatic carbocycles. The average Bonchev–Trinajstić information content (AvgIpc) is 2.27. The number of carbonyl (C=O) groups is 1. The second-order valence-electron chi connectivity index (χ2n) is 4.25. The number of rotatable bonds is 5. The van der Waals surface area contributed by atoms with Gasteiger partial charge in [-0.2, -0.15) is 0 Å². The minimum atomic E-state index is 0.275. The van der Waals surface area contributed by atoms with E-state index in [0.717, 1.165) is 38.9 Å². The Labute approximate surface area is 92.3 Å². The molecule has 1 amide bonds. The van der Waals surface area contributed by atoms with E-state index in [2.05, 4.69) is 6.58 Å². The van der Waals surface area contributed by atoms with E-state index in [9.17, 15) is 4.79 Å². The van der Waals surface area contributed by atoms with E-state index in [-0.39, 0.29) is 5.91 Å². The van der Waals surface area contributed by atoms with Crippen LogP contribution in [0.2, 0.25) is 0 Å². The van der Waals surface area contributed by atoms with Crippen LogP contribution in [0.5, 0.6) is 0 Å². The molecule has 0 spiro atoms. The van der Waals surface area contributed by atoms with Crippen molar-refractivity contribution < 1.29 is 4.79 Å². The lowest BCUT2D eigenvalue weighted by Gasteiger charge is -2.32. The number of likely N-dealkylation sites (tertiary alicyclic amines) is 1. The van der Waals surface area contributed by atoms with Crippen molar-refractivity contribution in [2.75, 3.05) is 19.6 Å². The van der Waals surface area contributed by atoms with Crippen molar-refractivity contribution >= 4 is 5.91 Å². The highest BCUT2D eigenvalue weighted by molar-refractivity contribution is 5.76. The first-order valence-electron chi connectivity index (χ1n) is 5.86. The minimum absolute atomic E-state index is 0.275. The number of allylic oxidation sites excluding steroid dienone is 1. The topological polar surface area (TPSA) is 46.3 Å². The lowest BCUT2D eigenvalue weighted by Crippen LogP contribution is -2.40. The van der Waals surface area contributed by atoms with Crippen LogP contribution in [0.4, 0.5) is 0 Å². The Hall–Kier alpha value is -0.830. The Balaban J connectivity index is 2.34. The van der Waals surface area contributed by atoms with E-state index in [4.69, 9.17) is 5.73 Å². The second kappa shape index (κ2) is 6.62.